The maximum Gasteiger partial charge on any atom is 0.278 e. The molecule has 0 saturated carbocycles. The Morgan fingerprint density at radius 3 is 2.48 bits per heavy atom. The lowest BCUT2D eigenvalue weighted by Gasteiger charge is -2.34. The van der Waals surface area contributed by atoms with E-state index in [4.69, 9.17) is 9.47 Å². The van der Waals surface area contributed by atoms with E-state index in [0.29, 0.717) is 23.5 Å². The van der Waals surface area contributed by atoms with Gasteiger partial charge in [-0.2, -0.15) is 0 Å². The summed E-state index contributed by atoms with van der Waals surface area (Å²) in [6.45, 7) is 7.22. The van der Waals surface area contributed by atoms with Crippen LogP contribution in [0.5, 0.6) is 11.5 Å². The molecule has 7 heteroatoms. The average molecular weight is 321 g/mol. The molecule has 0 bridgehead atoms. The summed E-state index contributed by atoms with van der Waals surface area (Å²) in [5.74, 6) is 0.859. The van der Waals surface area contributed by atoms with Gasteiger partial charge < -0.3 is 14.8 Å². The molecule has 2 rings (SSSR count). The molecule has 1 fully saturated rings. The van der Waals surface area contributed by atoms with E-state index in [2.05, 4.69) is 16.8 Å². The van der Waals surface area contributed by atoms with Crippen molar-refractivity contribution in [2.24, 2.45) is 0 Å². The normalized spacial score (nSPS) is 16.6. The molecule has 0 spiro atoms. The number of piperazine rings is 1. The number of methoxy groups -OCH3 is 2. The molecule has 1 aromatic rings. The van der Waals surface area contributed by atoms with Gasteiger partial charge >= 0.3 is 0 Å². The third-order valence-electron chi connectivity index (χ3n) is 4.07. The van der Waals surface area contributed by atoms with Crippen molar-refractivity contribution in [2.75, 3.05) is 40.4 Å². The molecule has 0 amide bonds. The van der Waals surface area contributed by atoms with E-state index < -0.39 is 0 Å². The molecule has 1 aliphatic heterocycles. The lowest BCUT2D eigenvalue weighted by Crippen LogP contribution is -2.45. The van der Waals surface area contributed by atoms with Gasteiger partial charge in [0.05, 0.1) is 30.8 Å². The zero-order valence-corrected chi connectivity index (χ0v) is 13.6. The monoisotopic (exact) mass is 321 g/mol. The van der Waals surface area contributed by atoms with E-state index >= 15 is 0 Å². The number of ether oxygens (including phenoxy) is 2. The highest BCUT2D eigenvalue weighted by Gasteiger charge is 2.29. The van der Waals surface area contributed by atoms with Crippen molar-refractivity contribution in [3.63, 3.8) is 0 Å². The molecule has 1 atom stereocenters. The van der Waals surface area contributed by atoms with Gasteiger partial charge in [0.15, 0.2) is 11.5 Å². The van der Waals surface area contributed by atoms with Crippen LogP contribution >= 0.6 is 0 Å². The van der Waals surface area contributed by atoms with Crippen LogP contribution in [0, 0.1) is 10.1 Å². The van der Waals surface area contributed by atoms with Crippen molar-refractivity contribution < 1.29 is 14.4 Å². The first-order chi connectivity index (χ1) is 11.1. The van der Waals surface area contributed by atoms with E-state index in [1.54, 1.807) is 12.1 Å². The molecule has 1 N–H and O–H groups in total. The Morgan fingerprint density at radius 1 is 1.35 bits per heavy atom. The number of nitro groups is 1. The fraction of sp³-hybridized carbons (Fsp3) is 0.500. The predicted octanol–water partition coefficient (Wildman–Crippen LogP) is 2.13. The van der Waals surface area contributed by atoms with Gasteiger partial charge in [0.2, 0.25) is 0 Å². The summed E-state index contributed by atoms with van der Waals surface area (Å²) in [5, 5.41) is 14.8. The Morgan fingerprint density at radius 2 is 1.96 bits per heavy atom. The fourth-order valence-corrected chi connectivity index (χ4v) is 2.93. The van der Waals surface area contributed by atoms with Crippen LogP contribution < -0.4 is 14.8 Å². The smallest absolute Gasteiger partial charge is 0.278 e. The zero-order chi connectivity index (χ0) is 16.8. The molecule has 126 valence electrons. The number of rotatable bonds is 7. The summed E-state index contributed by atoms with van der Waals surface area (Å²) in [6, 6.07) is 3.05. The molecular weight excluding hydrogens is 298 g/mol. The van der Waals surface area contributed by atoms with Crippen molar-refractivity contribution in [1.82, 2.24) is 10.2 Å². The summed E-state index contributed by atoms with van der Waals surface area (Å²) in [7, 11) is 3.00. The largest absolute Gasteiger partial charge is 0.493 e. The number of hydrogen-bond acceptors (Lipinski definition) is 6. The summed E-state index contributed by atoms with van der Waals surface area (Å²) >= 11 is 0. The Bertz CT molecular complexity index is 571. The van der Waals surface area contributed by atoms with Gasteiger partial charge in [0, 0.05) is 32.2 Å². The Labute approximate surface area is 136 Å². The molecule has 1 aromatic carbocycles. The second-order valence-corrected chi connectivity index (χ2v) is 5.35. The van der Waals surface area contributed by atoms with Crippen LogP contribution in [0.3, 0.4) is 0 Å². The van der Waals surface area contributed by atoms with Crippen molar-refractivity contribution in [3.05, 3.63) is 40.5 Å². The number of hydrogen-bond donors (Lipinski definition) is 1. The number of benzene rings is 1. The van der Waals surface area contributed by atoms with E-state index in [-0.39, 0.29) is 16.7 Å². The van der Waals surface area contributed by atoms with Crippen LogP contribution in [0.25, 0.3) is 0 Å². The molecule has 7 nitrogen and oxygen atoms in total. The highest BCUT2D eigenvalue weighted by Crippen LogP contribution is 2.40. The first kappa shape index (κ1) is 17.2. The van der Waals surface area contributed by atoms with E-state index in [9.17, 15) is 10.1 Å². The van der Waals surface area contributed by atoms with Gasteiger partial charge in [-0.25, -0.2) is 0 Å². The summed E-state index contributed by atoms with van der Waals surface area (Å²) in [5.41, 5.74) is 0.683. The van der Waals surface area contributed by atoms with Crippen LogP contribution in [0.2, 0.25) is 0 Å². The van der Waals surface area contributed by atoms with Gasteiger partial charge in [-0.05, 0) is 12.5 Å². The molecule has 1 saturated heterocycles. The molecule has 0 radical (unpaired) electrons. The maximum absolute atomic E-state index is 11.5. The Hall–Kier alpha value is -2.12. The standard InChI is InChI=1S/C16H23N3O4/c1-4-5-13(18-8-6-17-7-9-18)12-10-15(22-2)16(23-3)11-14(12)19(20)21/h4,10-11,13,17H,1,5-9H2,2-3H3/t13-/m1/s1. The van der Waals surface area contributed by atoms with Crippen LogP contribution in [-0.2, 0) is 0 Å². The van der Waals surface area contributed by atoms with Crippen molar-refractivity contribution >= 4 is 5.69 Å². The Kier molecular flexibility index (Phi) is 5.95. The summed E-state index contributed by atoms with van der Waals surface area (Å²) in [6.07, 6.45) is 2.43. The minimum Gasteiger partial charge on any atom is -0.493 e. The first-order valence-corrected chi connectivity index (χ1v) is 7.58. The van der Waals surface area contributed by atoms with Gasteiger partial charge in [0.25, 0.3) is 5.69 Å². The lowest BCUT2D eigenvalue weighted by atomic mass is 9.98. The third kappa shape index (κ3) is 3.80. The fourth-order valence-electron chi connectivity index (χ4n) is 2.93. The van der Waals surface area contributed by atoms with Crippen molar-refractivity contribution in [3.8, 4) is 11.5 Å². The van der Waals surface area contributed by atoms with E-state index in [1.165, 1.54) is 20.3 Å². The second kappa shape index (κ2) is 7.94. The molecule has 0 aliphatic carbocycles. The van der Waals surface area contributed by atoms with Gasteiger partial charge in [-0.15, -0.1) is 6.58 Å². The minimum atomic E-state index is -0.365. The maximum atomic E-state index is 11.5. The molecule has 1 aliphatic rings. The summed E-state index contributed by atoms with van der Waals surface area (Å²) < 4.78 is 10.5. The highest BCUT2D eigenvalue weighted by molar-refractivity contribution is 5.55. The molecule has 23 heavy (non-hydrogen) atoms. The number of nitrogens with one attached hydrogen (secondary N) is 1. The summed E-state index contributed by atoms with van der Waals surface area (Å²) in [4.78, 5) is 13.4. The minimum absolute atomic E-state index is 0.0491. The molecule has 0 unspecified atom stereocenters. The first-order valence-electron chi connectivity index (χ1n) is 7.58. The average Bonchev–Trinajstić information content (AvgIpc) is 2.59. The third-order valence-corrected chi connectivity index (χ3v) is 4.07. The van der Waals surface area contributed by atoms with Gasteiger partial charge in [0.1, 0.15) is 0 Å². The molecule has 1 heterocycles. The van der Waals surface area contributed by atoms with Crippen LogP contribution in [0.15, 0.2) is 24.8 Å². The highest BCUT2D eigenvalue weighted by atomic mass is 16.6. The van der Waals surface area contributed by atoms with E-state index in [1.807, 2.05) is 0 Å². The van der Waals surface area contributed by atoms with Crippen LogP contribution in [0.4, 0.5) is 5.69 Å². The van der Waals surface area contributed by atoms with Gasteiger partial charge in [-0.3, -0.25) is 15.0 Å². The number of nitrogens with zero attached hydrogens (tertiary/aromatic N) is 2. The quantitative estimate of drug-likeness (QED) is 0.471. The molecular formula is C16H23N3O4. The Balaban J connectivity index is 2.50. The lowest BCUT2D eigenvalue weighted by molar-refractivity contribution is -0.386. The van der Waals surface area contributed by atoms with Crippen molar-refractivity contribution in [1.29, 1.82) is 0 Å². The number of nitro benzene ring substituents is 1. The SMILES string of the molecule is C=CC[C@H](c1cc(OC)c(OC)cc1[N+](=O)[O-])N1CCNCC1. The van der Waals surface area contributed by atoms with Gasteiger partial charge in [-0.1, -0.05) is 6.08 Å². The predicted molar refractivity (Wildman–Crippen MR) is 88.2 cm³/mol. The van der Waals surface area contributed by atoms with Crippen LogP contribution in [0.1, 0.15) is 18.0 Å². The van der Waals surface area contributed by atoms with Crippen LogP contribution in [-0.4, -0.2) is 50.2 Å². The second-order valence-electron chi connectivity index (χ2n) is 5.35. The molecule has 0 aromatic heterocycles. The topological polar surface area (TPSA) is 76.9 Å². The van der Waals surface area contributed by atoms with E-state index in [0.717, 1.165) is 26.2 Å². The zero-order valence-electron chi connectivity index (χ0n) is 13.6. The van der Waals surface area contributed by atoms with Crippen molar-refractivity contribution in [2.45, 2.75) is 12.5 Å².